The fraction of sp³-hybridized carbons (Fsp3) is 0.467. The number of aromatic nitrogens is 3. The summed E-state index contributed by atoms with van der Waals surface area (Å²) in [6, 6.07) is 6.66. The van der Waals surface area contributed by atoms with Crippen LogP contribution in [0.25, 0.3) is 0 Å². The molecule has 8 heteroatoms. The Hall–Kier alpha value is -1.77. The van der Waals surface area contributed by atoms with Crippen molar-refractivity contribution >= 4 is 10.0 Å². The summed E-state index contributed by atoms with van der Waals surface area (Å²) >= 11 is 0. The van der Waals surface area contributed by atoms with Gasteiger partial charge in [-0.3, -0.25) is 0 Å². The van der Waals surface area contributed by atoms with E-state index >= 15 is 0 Å². The van der Waals surface area contributed by atoms with Gasteiger partial charge in [0.25, 0.3) is 0 Å². The first-order valence-electron chi connectivity index (χ1n) is 7.26. The van der Waals surface area contributed by atoms with Crippen LogP contribution in [0.1, 0.15) is 37.7 Å². The van der Waals surface area contributed by atoms with Gasteiger partial charge in [-0.15, -0.1) is 0 Å². The molecule has 0 spiro atoms. The maximum atomic E-state index is 12.3. The van der Waals surface area contributed by atoms with Crippen LogP contribution >= 0.6 is 0 Å². The van der Waals surface area contributed by atoms with E-state index in [4.69, 9.17) is 4.74 Å². The molecule has 0 saturated heterocycles. The van der Waals surface area contributed by atoms with Crippen molar-refractivity contribution in [3.05, 3.63) is 41.2 Å². The number of sulfonamides is 1. The van der Waals surface area contributed by atoms with Crippen molar-refractivity contribution in [2.24, 2.45) is 0 Å². The molecule has 126 valence electrons. The fourth-order valence-electron chi connectivity index (χ4n) is 1.78. The molecule has 0 radical (unpaired) electrons. The van der Waals surface area contributed by atoms with Crippen LogP contribution in [-0.2, 0) is 27.9 Å². The average Bonchev–Trinajstić information content (AvgIpc) is 2.90. The predicted molar refractivity (Wildman–Crippen MR) is 86.1 cm³/mol. The molecule has 0 aliphatic heterocycles. The molecule has 2 rings (SSSR count). The lowest BCUT2D eigenvalue weighted by atomic mass is 10.2. The number of rotatable bonds is 6. The van der Waals surface area contributed by atoms with E-state index in [0.29, 0.717) is 11.4 Å². The molecule has 0 saturated carbocycles. The summed E-state index contributed by atoms with van der Waals surface area (Å²) in [6.07, 6.45) is 0. The third-order valence-electron chi connectivity index (χ3n) is 3.11. The second-order valence-corrected chi connectivity index (χ2v) is 8.02. The van der Waals surface area contributed by atoms with Crippen molar-refractivity contribution in [1.82, 2.24) is 20.1 Å². The molecule has 1 aromatic heterocycles. The minimum absolute atomic E-state index is 0.0511. The summed E-state index contributed by atoms with van der Waals surface area (Å²) < 4.78 is 32.7. The molecular weight excluding hydrogens is 316 g/mol. The Morgan fingerprint density at radius 1 is 1.13 bits per heavy atom. The third kappa shape index (κ3) is 5.12. The quantitative estimate of drug-likeness (QED) is 0.838. The highest BCUT2D eigenvalue weighted by molar-refractivity contribution is 7.89. The van der Waals surface area contributed by atoms with Gasteiger partial charge in [0, 0.05) is 0 Å². The lowest BCUT2D eigenvalue weighted by Gasteiger charge is -2.18. The van der Waals surface area contributed by atoms with Crippen LogP contribution in [0.3, 0.4) is 0 Å². The fourth-order valence-corrected chi connectivity index (χ4v) is 2.77. The van der Waals surface area contributed by atoms with Gasteiger partial charge >= 0.3 is 0 Å². The van der Waals surface area contributed by atoms with Crippen LogP contribution in [-0.4, -0.2) is 29.4 Å². The number of H-pyrrole nitrogens is 1. The van der Waals surface area contributed by atoms with Crippen molar-refractivity contribution in [1.29, 1.82) is 0 Å². The molecule has 0 unspecified atom stereocenters. The van der Waals surface area contributed by atoms with E-state index in [0.717, 1.165) is 5.56 Å². The van der Waals surface area contributed by atoms with Gasteiger partial charge < -0.3 is 4.74 Å². The van der Waals surface area contributed by atoms with Gasteiger partial charge in [0.15, 0.2) is 0 Å². The summed E-state index contributed by atoms with van der Waals surface area (Å²) in [7, 11) is -3.59. The maximum absolute atomic E-state index is 12.3. The molecule has 0 fully saturated rings. The maximum Gasteiger partial charge on any atom is 0.240 e. The van der Waals surface area contributed by atoms with Crippen molar-refractivity contribution in [3.63, 3.8) is 0 Å². The number of aryl methyl sites for hydroxylation is 1. The minimum Gasteiger partial charge on any atom is -0.369 e. The van der Waals surface area contributed by atoms with Crippen molar-refractivity contribution in [2.45, 2.75) is 51.3 Å². The molecule has 23 heavy (non-hydrogen) atoms. The monoisotopic (exact) mass is 338 g/mol. The SMILES string of the molecule is Cc1ccc(S(=O)(=O)NCc2n[nH]nc2COC(C)(C)C)cc1. The first kappa shape index (κ1) is 17.6. The summed E-state index contributed by atoms with van der Waals surface area (Å²) in [5.41, 5.74) is 1.80. The van der Waals surface area contributed by atoms with Crippen LogP contribution < -0.4 is 4.72 Å². The van der Waals surface area contributed by atoms with Gasteiger partial charge in [0.2, 0.25) is 10.0 Å². The largest absolute Gasteiger partial charge is 0.369 e. The van der Waals surface area contributed by atoms with Crippen LogP contribution in [0, 0.1) is 6.92 Å². The highest BCUT2D eigenvalue weighted by atomic mass is 32.2. The van der Waals surface area contributed by atoms with Gasteiger partial charge in [0.05, 0.1) is 23.6 Å². The number of ether oxygens (including phenoxy) is 1. The van der Waals surface area contributed by atoms with E-state index < -0.39 is 10.0 Å². The van der Waals surface area contributed by atoms with E-state index in [1.54, 1.807) is 24.3 Å². The van der Waals surface area contributed by atoms with Gasteiger partial charge in [0.1, 0.15) is 11.4 Å². The molecule has 0 aliphatic rings. The second kappa shape index (κ2) is 6.77. The molecule has 2 aromatic rings. The molecular formula is C15H22N4O3S. The Morgan fingerprint density at radius 3 is 2.35 bits per heavy atom. The number of nitrogens with one attached hydrogen (secondary N) is 2. The zero-order valence-corrected chi connectivity index (χ0v) is 14.6. The van der Waals surface area contributed by atoms with Gasteiger partial charge in [-0.05, 0) is 39.8 Å². The Bertz CT molecular complexity index is 746. The van der Waals surface area contributed by atoms with Crippen molar-refractivity contribution < 1.29 is 13.2 Å². The lowest BCUT2D eigenvalue weighted by molar-refractivity contribution is -0.0168. The van der Waals surface area contributed by atoms with E-state index in [1.165, 1.54) is 0 Å². The van der Waals surface area contributed by atoms with Gasteiger partial charge in [-0.2, -0.15) is 15.4 Å². The normalized spacial score (nSPS) is 12.5. The Morgan fingerprint density at radius 2 is 1.74 bits per heavy atom. The lowest BCUT2D eigenvalue weighted by Crippen LogP contribution is -2.24. The topological polar surface area (TPSA) is 97.0 Å². The van der Waals surface area contributed by atoms with Gasteiger partial charge in [-0.1, -0.05) is 17.7 Å². The molecule has 7 nitrogen and oxygen atoms in total. The van der Waals surface area contributed by atoms with Crippen LogP contribution in [0.4, 0.5) is 0 Å². The van der Waals surface area contributed by atoms with Crippen molar-refractivity contribution in [2.75, 3.05) is 0 Å². The number of aromatic amines is 1. The number of hydrogen-bond acceptors (Lipinski definition) is 5. The summed E-state index contributed by atoms with van der Waals surface area (Å²) in [6.45, 7) is 8.03. The molecule has 1 aromatic carbocycles. The first-order chi connectivity index (χ1) is 10.7. The van der Waals surface area contributed by atoms with E-state index in [9.17, 15) is 8.42 Å². The zero-order valence-electron chi connectivity index (χ0n) is 13.8. The van der Waals surface area contributed by atoms with Crippen molar-refractivity contribution in [3.8, 4) is 0 Å². The Labute approximate surface area is 136 Å². The van der Waals surface area contributed by atoms with E-state index in [2.05, 4.69) is 20.1 Å². The summed E-state index contributed by atoms with van der Waals surface area (Å²) in [4.78, 5) is 0.221. The molecule has 2 N–H and O–H groups in total. The standard InChI is InChI=1S/C15H22N4O3S/c1-11-5-7-12(8-6-11)23(20,21)16-9-13-14(18-19-17-13)10-22-15(2,3)4/h5-8,16H,9-10H2,1-4H3,(H,17,18,19). The Kier molecular flexibility index (Phi) is 5.18. The molecule has 0 amide bonds. The first-order valence-corrected chi connectivity index (χ1v) is 8.74. The smallest absolute Gasteiger partial charge is 0.240 e. The van der Waals surface area contributed by atoms with Crippen LogP contribution in [0.5, 0.6) is 0 Å². The number of benzene rings is 1. The average molecular weight is 338 g/mol. The number of hydrogen-bond donors (Lipinski definition) is 2. The molecule has 0 atom stereocenters. The second-order valence-electron chi connectivity index (χ2n) is 6.26. The van der Waals surface area contributed by atoms with Gasteiger partial charge in [-0.25, -0.2) is 13.1 Å². The third-order valence-corrected chi connectivity index (χ3v) is 4.52. The van der Waals surface area contributed by atoms with E-state index in [-0.39, 0.29) is 23.6 Å². The summed E-state index contributed by atoms with van der Waals surface area (Å²) in [5.74, 6) is 0. The molecule has 0 bridgehead atoms. The van der Waals surface area contributed by atoms with Crippen LogP contribution in [0.15, 0.2) is 29.2 Å². The molecule has 1 heterocycles. The molecule has 0 aliphatic carbocycles. The van der Waals surface area contributed by atoms with E-state index in [1.807, 2.05) is 27.7 Å². The van der Waals surface area contributed by atoms with Crippen LogP contribution in [0.2, 0.25) is 0 Å². The predicted octanol–water partition coefficient (Wildman–Crippen LogP) is 1.91. The number of nitrogens with zero attached hydrogens (tertiary/aromatic N) is 2. The highest BCUT2D eigenvalue weighted by Gasteiger charge is 2.18. The highest BCUT2D eigenvalue weighted by Crippen LogP contribution is 2.14. The zero-order chi connectivity index (χ0) is 17.1. The summed E-state index contributed by atoms with van der Waals surface area (Å²) in [5, 5.41) is 10.5. The Balaban J connectivity index is 2.03. The minimum atomic E-state index is -3.59.